The average molecular weight is 183 g/mol. The first-order chi connectivity index (χ1) is 6.15. The molecule has 0 radical (unpaired) electrons. The Bertz CT molecular complexity index is 295. The van der Waals surface area contributed by atoms with Crippen molar-refractivity contribution in [1.29, 1.82) is 0 Å². The number of aromatic amines is 1. The molecule has 5 heteroatoms. The molecule has 0 saturated carbocycles. The summed E-state index contributed by atoms with van der Waals surface area (Å²) >= 11 is 0. The summed E-state index contributed by atoms with van der Waals surface area (Å²) in [6.45, 7) is 2.03. The minimum absolute atomic E-state index is 0.0709. The largest absolute Gasteiger partial charge is 0.358 e. The summed E-state index contributed by atoms with van der Waals surface area (Å²) in [6.07, 6.45) is 3.16. The molecule has 72 valence electrons. The molecule has 1 heterocycles. The third-order valence-electron chi connectivity index (χ3n) is 1.90. The first-order valence-electron chi connectivity index (χ1n) is 4.23. The summed E-state index contributed by atoms with van der Waals surface area (Å²) in [6, 6.07) is 1.36. The molecular formula is C8H13N3O2. The molecule has 1 aromatic heterocycles. The van der Waals surface area contributed by atoms with Crippen LogP contribution in [0.15, 0.2) is 12.3 Å². The van der Waals surface area contributed by atoms with E-state index in [4.69, 9.17) is 5.73 Å². The summed E-state index contributed by atoms with van der Waals surface area (Å²) in [4.78, 5) is 12.7. The molecule has 13 heavy (non-hydrogen) atoms. The van der Waals surface area contributed by atoms with Gasteiger partial charge in [-0.05, 0) is 6.42 Å². The Balaban J connectivity index is 2.73. The van der Waals surface area contributed by atoms with Gasteiger partial charge in [-0.25, -0.2) is 0 Å². The molecule has 0 aliphatic rings. The van der Waals surface area contributed by atoms with E-state index in [0.29, 0.717) is 0 Å². The predicted octanol–water partition coefficient (Wildman–Crippen LogP) is 1.72. The van der Waals surface area contributed by atoms with Crippen LogP contribution in [-0.2, 0) is 0 Å². The second-order valence-corrected chi connectivity index (χ2v) is 2.97. The van der Waals surface area contributed by atoms with Crippen LogP contribution in [0.5, 0.6) is 0 Å². The van der Waals surface area contributed by atoms with E-state index in [0.717, 1.165) is 18.5 Å². The van der Waals surface area contributed by atoms with E-state index in [2.05, 4.69) is 4.98 Å². The van der Waals surface area contributed by atoms with Crippen molar-refractivity contribution < 1.29 is 4.92 Å². The normalized spacial score (nSPS) is 12.8. The average Bonchev–Trinajstić information content (AvgIpc) is 2.52. The highest BCUT2D eigenvalue weighted by Gasteiger charge is 2.12. The fourth-order valence-corrected chi connectivity index (χ4v) is 1.19. The Morgan fingerprint density at radius 2 is 2.46 bits per heavy atom. The van der Waals surface area contributed by atoms with Gasteiger partial charge in [0.05, 0.1) is 11.1 Å². The molecule has 0 fully saturated rings. The number of aromatic nitrogens is 1. The lowest BCUT2D eigenvalue weighted by molar-refractivity contribution is -0.384. The van der Waals surface area contributed by atoms with Gasteiger partial charge in [0.1, 0.15) is 0 Å². The van der Waals surface area contributed by atoms with Crippen molar-refractivity contribution in [3.63, 3.8) is 0 Å². The second kappa shape index (κ2) is 4.04. The Morgan fingerprint density at radius 3 is 2.92 bits per heavy atom. The van der Waals surface area contributed by atoms with E-state index in [-0.39, 0.29) is 11.7 Å². The minimum atomic E-state index is -0.432. The van der Waals surface area contributed by atoms with Crippen LogP contribution in [0.4, 0.5) is 5.69 Å². The maximum Gasteiger partial charge on any atom is 0.287 e. The number of hydrogen-bond donors (Lipinski definition) is 2. The molecule has 0 saturated heterocycles. The van der Waals surface area contributed by atoms with Crippen molar-refractivity contribution in [3.8, 4) is 0 Å². The lowest BCUT2D eigenvalue weighted by atomic mass is 10.1. The topological polar surface area (TPSA) is 84.9 Å². The van der Waals surface area contributed by atoms with Gasteiger partial charge in [0.25, 0.3) is 5.69 Å². The van der Waals surface area contributed by atoms with Crippen molar-refractivity contribution in [2.45, 2.75) is 25.8 Å². The second-order valence-electron chi connectivity index (χ2n) is 2.97. The summed E-state index contributed by atoms with van der Waals surface area (Å²) in [5.41, 5.74) is 6.57. The zero-order valence-electron chi connectivity index (χ0n) is 7.49. The molecule has 1 rings (SSSR count). The van der Waals surface area contributed by atoms with Gasteiger partial charge in [0.2, 0.25) is 0 Å². The van der Waals surface area contributed by atoms with Crippen LogP contribution >= 0.6 is 0 Å². The number of hydrogen-bond acceptors (Lipinski definition) is 3. The van der Waals surface area contributed by atoms with Gasteiger partial charge >= 0.3 is 0 Å². The van der Waals surface area contributed by atoms with Crippen molar-refractivity contribution in [2.24, 2.45) is 5.73 Å². The van der Waals surface area contributed by atoms with Crippen LogP contribution < -0.4 is 5.73 Å². The first-order valence-corrected chi connectivity index (χ1v) is 4.23. The third kappa shape index (κ3) is 2.29. The highest BCUT2D eigenvalue weighted by Crippen LogP contribution is 2.19. The van der Waals surface area contributed by atoms with Gasteiger partial charge in [0, 0.05) is 17.8 Å². The smallest absolute Gasteiger partial charge is 0.287 e. The van der Waals surface area contributed by atoms with Crippen LogP contribution in [0.3, 0.4) is 0 Å². The molecule has 5 nitrogen and oxygen atoms in total. The quantitative estimate of drug-likeness (QED) is 0.550. The van der Waals surface area contributed by atoms with Crippen molar-refractivity contribution in [3.05, 3.63) is 28.1 Å². The summed E-state index contributed by atoms with van der Waals surface area (Å²) in [5, 5.41) is 10.3. The molecule has 1 unspecified atom stereocenters. The van der Waals surface area contributed by atoms with Crippen LogP contribution in [0, 0.1) is 10.1 Å². The first kappa shape index (κ1) is 9.73. The molecule has 0 amide bonds. The van der Waals surface area contributed by atoms with Crippen LogP contribution in [0.25, 0.3) is 0 Å². The number of nitrogens with one attached hydrogen (secondary N) is 1. The van der Waals surface area contributed by atoms with Crippen molar-refractivity contribution >= 4 is 5.69 Å². The van der Waals surface area contributed by atoms with Gasteiger partial charge in [-0.2, -0.15) is 0 Å². The SMILES string of the molecule is CCCC(N)c1cc([N+](=O)[O-])c[nH]1. The van der Waals surface area contributed by atoms with E-state index in [1.807, 2.05) is 6.92 Å². The lowest BCUT2D eigenvalue weighted by Gasteiger charge is -2.05. The Labute approximate surface area is 76.1 Å². The van der Waals surface area contributed by atoms with Crippen LogP contribution in [-0.4, -0.2) is 9.91 Å². The highest BCUT2D eigenvalue weighted by molar-refractivity contribution is 5.31. The fourth-order valence-electron chi connectivity index (χ4n) is 1.19. The Kier molecular flexibility index (Phi) is 3.02. The van der Waals surface area contributed by atoms with E-state index in [1.165, 1.54) is 12.3 Å². The Hall–Kier alpha value is -1.36. The molecular weight excluding hydrogens is 170 g/mol. The molecule has 1 aromatic rings. The van der Waals surface area contributed by atoms with Crippen molar-refractivity contribution in [1.82, 2.24) is 4.98 Å². The summed E-state index contributed by atoms with van der Waals surface area (Å²) in [7, 11) is 0. The van der Waals surface area contributed by atoms with E-state index >= 15 is 0 Å². The molecule has 0 aliphatic carbocycles. The summed E-state index contributed by atoms with van der Waals surface area (Å²) in [5.74, 6) is 0. The fraction of sp³-hybridized carbons (Fsp3) is 0.500. The number of H-pyrrole nitrogens is 1. The lowest BCUT2D eigenvalue weighted by Crippen LogP contribution is -2.09. The number of rotatable bonds is 4. The molecule has 0 aliphatic heterocycles. The predicted molar refractivity (Wildman–Crippen MR) is 49.3 cm³/mol. The zero-order valence-corrected chi connectivity index (χ0v) is 7.49. The third-order valence-corrected chi connectivity index (χ3v) is 1.90. The van der Waals surface area contributed by atoms with Crippen LogP contribution in [0.1, 0.15) is 31.5 Å². The van der Waals surface area contributed by atoms with E-state index < -0.39 is 4.92 Å². The monoisotopic (exact) mass is 183 g/mol. The molecule has 1 atom stereocenters. The van der Waals surface area contributed by atoms with Gasteiger partial charge < -0.3 is 10.7 Å². The standard InChI is InChI=1S/C8H13N3O2/c1-2-3-7(9)8-4-6(5-10-8)11(12)13/h4-5,7,10H,2-3,9H2,1H3. The Morgan fingerprint density at radius 1 is 1.77 bits per heavy atom. The maximum absolute atomic E-state index is 10.3. The molecule has 0 bridgehead atoms. The van der Waals surface area contributed by atoms with Crippen molar-refractivity contribution in [2.75, 3.05) is 0 Å². The number of nitro groups is 1. The zero-order chi connectivity index (χ0) is 9.84. The number of nitrogens with zero attached hydrogens (tertiary/aromatic N) is 1. The van der Waals surface area contributed by atoms with Gasteiger partial charge in [0.15, 0.2) is 0 Å². The molecule has 0 spiro atoms. The van der Waals surface area contributed by atoms with Gasteiger partial charge in [-0.15, -0.1) is 0 Å². The molecule has 3 N–H and O–H groups in total. The maximum atomic E-state index is 10.3. The minimum Gasteiger partial charge on any atom is -0.358 e. The van der Waals surface area contributed by atoms with Crippen LogP contribution in [0.2, 0.25) is 0 Å². The number of nitrogens with two attached hydrogens (primary N) is 1. The van der Waals surface area contributed by atoms with E-state index in [1.54, 1.807) is 0 Å². The summed E-state index contributed by atoms with van der Waals surface area (Å²) < 4.78 is 0. The van der Waals surface area contributed by atoms with Gasteiger partial charge in [-0.1, -0.05) is 13.3 Å². The molecule has 0 aromatic carbocycles. The highest BCUT2D eigenvalue weighted by atomic mass is 16.6. The van der Waals surface area contributed by atoms with E-state index in [9.17, 15) is 10.1 Å². The van der Waals surface area contributed by atoms with Gasteiger partial charge in [-0.3, -0.25) is 10.1 Å².